The summed E-state index contributed by atoms with van der Waals surface area (Å²) in [6, 6.07) is 5.62. The van der Waals surface area contributed by atoms with Crippen molar-refractivity contribution in [1.82, 2.24) is 29.9 Å². The molecule has 0 radical (unpaired) electrons. The minimum absolute atomic E-state index is 0. The molecule has 0 aliphatic heterocycles. The monoisotopic (exact) mass is 860 g/mol. The first-order valence-electron chi connectivity index (χ1n) is 15.4. The summed E-state index contributed by atoms with van der Waals surface area (Å²) >= 11 is 6.31. The zero-order chi connectivity index (χ0) is 36.7. The molecule has 0 unspecified atom stereocenters. The highest BCUT2D eigenvalue weighted by Gasteiger charge is 2.51. The van der Waals surface area contributed by atoms with Crippen LogP contribution in [0.15, 0.2) is 70.4 Å². The molecule has 2 N–H and O–H groups in total. The summed E-state index contributed by atoms with van der Waals surface area (Å²) in [5, 5.41) is 0. The summed E-state index contributed by atoms with van der Waals surface area (Å²) in [7, 11) is 0. The summed E-state index contributed by atoms with van der Waals surface area (Å²) in [5.74, 6) is -0.824. The fourth-order valence-electron chi connectivity index (χ4n) is 5.56. The van der Waals surface area contributed by atoms with E-state index in [0.29, 0.717) is 14.6 Å². The Morgan fingerprint density at radius 2 is 1.23 bits per heavy atom. The molecule has 1 amide bonds. The largest absolute Gasteiger partial charge is 0.443 e. The van der Waals surface area contributed by atoms with Crippen molar-refractivity contribution >= 4 is 43.9 Å². The Bertz CT molecular complexity index is 1700. The third-order valence-corrected chi connectivity index (χ3v) is 8.69. The summed E-state index contributed by atoms with van der Waals surface area (Å²) in [6.45, 7) is 5.42. The lowest BCUT2D eigenvalue weighted by atomic mass is 9.64. The summed E-state index contributed by atoms with van der Waals surface area (Å²) in [4.78, 5) is 37.0. The van der Waals surface area contributed by atoms with E-state index in [4.69, 9.17) is 10.5 Å². The molecule has 4 heterocycles. The lowest BCUT2D eigenvalue weighted by Crippen LogP contribution is -2.54. The molecule has 4 aromatic rings. The minimum Gasteiger partial charge on any atom is -0.443 e. The fourth-order valence-corrected chi connectivity index (χ4v) is 5.97. The van der Waals surface area contributed by atoms with E-state index in [1.165, 1.54) is 66.3 Å². The number of anilines is 1. The van der Waals surface area contributed by atoms with Gasteiger partial charge in [0.15, 0.2) is 0 Å². The molecule has 0 spiro atoms. The van der Waals surface area contributed by atoms with Crippen LogP contribution < -0.4 is 10.6 Å². The summed E-state index contributed by atoms with van der Waals surface area (Å²) in [5.41, 5.74) is 3.72. The smallest absolute Gasteiger partial charge is 0.417 e. The molecular formula is C35H43Br2F5N8O2. The van der Waals surface area contributed by atoms with Crippen LogP contribution in [0, 0.1) is 17.7 Å². The van der Waals surface area contributed by atoms with E-state index in [1.807, 2.05) is 0 Å². The van der Waals surface area contributed by atoms with Crippen LogP contribution in [-0.2, 0) is 15.6 Å². The first kappa shape index (κ1) is 44.5. The number of hydrogen-bond donors (Lipinski definition) is 1. The number of hydrogen-bond acceptors (Lipinski definition) is 9. The second kappa shape index (κ2) is 18.9. The number of nitrogens with zero attached hydrogens (tertiary/aromatic N) is 7. The lowest BCUT2D eigenvalue weighted by molar-refractivity contribution is 0.0505. The standard InChI is InChI=1S/C19H21BrF2N4O2.C10H12F2N2.C4H2BrFN2.2CH4/c1-18(2,3)28-17(27)26(16-24-9-12(20)10-25-16)11-19(7-13(21)8-19)15-14(22)5-4-6-23-15;11-7-4-10(5-7,6-13)9-8(12)2-1-3-14-9;5-3-1-7-4(6)8-2-3;;/h4-6,9-10,13H,7-8,11H2,1-3H3;1-3,7H,4-6,13H2;1-2H;2*1H4. The molecule has 17 heteroatoms. The van der Waals surface area contributed by atoms with Crippen LogP contribution in [0.5, 0.6) is 0 Å². The predicted molar refractivity (Wildman–Crippen MR) is 196 cm³/mol. The number of halogens is 7. The molecule has 6 rings (SSSR count). The highest BCUT2D eigenvalue weighted by molar-refractivity contribution is 9.10. The number of carbonyl (C=O) groups is 1. The highest BCUT2D eigenvalue weighted by Crippen LogP contribution is 2.47. The van der Waals surface area contributed by atoms with Gasteiger partial charge in [-0.15, -0.1) is 0 Å². The molecule has 0 saturated heterocycles. The maximum atomic E-state index is 14.5. The van der Waals surface area contributed by atoms with Gasteiger partial charge in [-0.25, -0.2) is 47.2 Å². The van der Waals surface area contributed by atoms with Gasteiger partial charge in [-0.1, -0.05) is 14.9 Å². The Kier molecular flexibility index (Phi) is 16.1. The van der Waals surface area contributed by atoms with Crippen molar-refractivity contribution in [1.29, 1.82) is 0 Å². The van der Waals surface area contributed by atoms with E-state index in [0.717, 1.165) is 0 Å². The third-order valence-electron chi connectivity index (χ3n) is 7.87. The van der Waals surface area contributed by atoms with Crippen LogP contribution in [-0.4, -0.2) is 67.0 Å². The van der Waals surface area contributed by atoms with Crippen molar-refractivity contribution in [2.24, 2.45) is 5.73 Å². The van der Waals surface area contributed by atoms with E-state index in [2.05, 4.69) is 61.8 Å². The maximum Gasteiger partial charge on any atom is 0.417 e. The van der Waals surface area contributed by atoms with E-state index in [9.17, 15) is 26.7 Å². The fraction of sp³-hybridized carbons (Fsp3) is 0.457. The Balaban J connectivity index is 0.000000323. The number of ether oxygens (including phenoxy) is 1. The maximum absolute atomic E-state index is 14.5. The Hall–Kier alpha value is -3.70. The van der Waals surface area contributed by atoms with Crippen LogP contribution in [0.2, 0.25) is 0 Å². The van der Waals surface area contributed by atoms with E-state index in [1.54, 1.807) is 20.8 Å². The number of carbonyl (C=O) groups excluding carboxylic acids is 1. The van der Waals surface area contributed by atoms with E-state index >= 15 is 0 Å². The van der Waals surface area contributed by atoms with Gasteiger partial charge in [-0.05, 0) is 103 Å². The van der Waals surface area contributed by atoms with Gasteiger partial charge in [-0.3, -0.25) is 9.97 Å². The Labute approximate surface area is 317 Å². The summed E-state index contributed by atoms with van der Waals surface area (Å²) in [6.07, 6.45) is 6.00. The van der Waals surface area contributed by atoms with Gasteiger partial charge in [0.1, 0.15) is 29.6 Å². The molecule has 0 aromatic carbocycles. The van der Waals surface area contributed by atoms with Crippen molar-refractivity contribution < 1.29 is 31.5 Å². The minimum atomic E-state index is -1.09. The summed E-state index contributed by atoms with van der Waals surface area (Å²) < 4.78 is 73.2. The first-order valence-corrected chi connectivity index (χ1v) is 17.0. The lowest BCUT2D eigenvalue weighted by Gasteiger charge is -2.45. The van der Waals surface area contributed by atoms with Gasteiger partial charge in [0.2, 0.25) is 5.95 Å². The van der Waals surface area contributed by atoms with Crippen molar-refractivity contribution in [3.63, 3.8) is 0 Å². The van der Waals surface area contributed by atoms with Gasteiger partial charge < -0.3 is 10.5 Å². The molecule has 2 aliphatic carbocycles. The number of nitrogens with two attached hydrogens (primary N) is 1. The van der Waals surface area contributed by atoms with Gasteiger partial charge in [0.25, 0.3) is 0 Å². The number of amides is 1. The van der Waals surface area contributed by atoms with E-state index in [-0.39, 0.29) is 71.1 Å². The molecule has 52 heavy (non-hydrogen) atoms. The molecule has 2 saturated carbocycles. The topological polar surface area (TPSA) is 133 Å². The second-order valence-electron chi connectivity index (χ2n) is 12.9. The number of pyridine rings is 2. The molecule has 284 valence electrons. The second-order valence-corrected chi connectivity index (χ2v) is 14.7. The highest BCUT2D eigenvalue weighted by atomic mass is 79.9. The van der Waals surface area contributed by atoms with E-state index < -0.39 is 46.8 Å². The molecule has 2 aliphatic rings. The molecule has 0 atom stereocenters. The zero-order valence-electron chi connectivity index (χ0n) is 27.3. The van der Waals surface area contributed by atoms with Gasteiger partial charge >= 0.3 is 12.2 Å². The van der Waals surface area contributed by atoms with Gasteiger partial charge in [0, 0.05) is 61.1 Å². The van der Waals surface area contributed by atoms with Gasteiger partial charge in [0.05, 0.1) is 20.3 Å². The van der Waals surface area contributed by atoms with Crippen LogP contribution in [0.1, 0.15) is 72.7 Å². The van der Waals surface area contributed by atoms with Crippen molar-refractivity contribution in [2.75, 3.05) is 18.0 Å². The SMILES string of the molecule is C.C.CC(C)(C)OC(=O)N(CC1(c2ncccc2F)CC(F)C1)c1ncc(Br)cn1.Fc1ncc(Br)cn1.NCC1(c2ncccc2F)CC(F)C1. The Morgan fingerprint density at radius 1 is 0.808 bits per heavy atom. The number of alkyl halides is 2. The average molecular weight is 863 g/mol. The Morgan fingerprint density at radius 3 is 1.62 bits per heavy atom. The molecule has 2 fully saturated rings. The van der Waals surface area contributed by atoms with Crippen molar-refractivity contribution in [2.45, 2.75) is 90.1 Å². The quantitative estimate of drug-likeness (QED) is 0.149. The zero-order valence-corrected chi connectivity index (χ0v) is 30.5. The molecular weight excluding hydrogens is 819 g/mol. The number of aromatic nitrogens is 6. The molecule has 0 bridgehead atoms. The number of rotatable bonds is 6. The van der Waals surface area contributed by atoms with Crippen molar-refractivity contribution in [3.05, 3.63) is 99.5 Å². The third kappa shape index (κ3) is 11.4. The van der Waals surface area contributed by atoms with Gasteiger partial charge in [-0.2, -0.15) is 4.39 Å². The molecule has 10 nitrogen and oxygen atoms in total. The molecule has 4 aromatic heterocycles. The first-order chi connectivity index (χ1) is 23.6. The van der Waals surface area contributed by atoms with Crippen LogP contribution in [0.4, 0.5) is 32.7 Å². The van der Waals surface area contributed by atoms with Crippen LogP contribution in [0.3, 0.4) is 0 Å². The van der Waals surface area contributed by atoms with Crippen LogP contribution in [0.25, 0.3) is 0 Å². The predicted octanol–water partition coefficient (Wildman–Crippen LogP) is 8.78. The van der Waals surface area contributed by atoms with Crippen molar-refractivity contribution in [3.8, 4) is 0 Å². The average Bonchev–Trinajstić information content (AvgIpc) is 3.03. The normalized spacial score (nSPS) is 21.5. The van der Waals surface area contributed by atoms with Crippen LogP contribution >= 0.6 is 31.9 Å².